The lowest BCUT2D eigenvalue weighted by Gasteiger charge is -2.36. The molecule has 0 saturated carbocycles. The van der Waals surface area contributed by atoms with Crippen molar-refractivity contribution in [2.24, 2.45) is 5.73 Å². The van der Waals surface area contributed by atoms with Gasteiger partial charge < -0.3 is 20.5 Å². The lowest BCUT2D eigenvalue weighted by Crippen LogP contribution is -2.57. The van der Waals surface area contributed by atoms with E-state index in [2.05, 4.69) is 5.32 Å². The molecule has 0 spiro atoms. The van der Waals surface area contributed by atoms with Crippen LogP contribution in [0.15, 0.2) is 11.6 Å². The Bertz CT molecular complexity index is 418. The molecule has 126 valence electrons. The van der Waals surface area contributed by atoms with Crippen LogP contribution in [0.3, 0.4) is 0 Å². The summed E-state index contributed by atoms with van der Waals surface area (Å²) in [5.74, 6) is -0.524. The zero-order chi connectivity index (χ0) is 16.7. The highest BCUT2D eigenvalue weighted by Crippen LogP contribution is 2.24. The van der Waals surface area contributed by atoms with Crippen molar-refractivity contribution < 1.29 is 19.1 Å². The fourth-order valence-electron chi connectivity index (χ4n) is 2.62. The summed E-state index contributed by atoms with van der Waals surface area (Å²) in [5, 5.41) is 2.84. The standard InChI is InChI=1S/C16H28N2O4/c1-5-12(6-2)22-14-9-11(16(20)21-7-3)8-13(17)15(14)18-10(4)19/h9,12-15H,5-8,17H2,1-4H3,(H,18,19)/t13-,14+,15-/m0/s1. The third-order valence-electron chi connectivity index (χ3n) is 3.80. The second-order valence-corrected chi connectivity index (χ2v) is 5.55. The quantitative estimate of drug-likeness (QED) is 0.691. The average Bonchev–Trinajstić information content (AvgIpc) is 2.47. The first-order valence-corrected chi connectivity index (χ1v) is 7.98. The normalized spacial score (nSPS) is 24.8. The summed E-state index contributed by atoms with van der Waals surface area (Å²) in [6, 6.07) is -0.719. The molecule has 0 heterocycles. The van der Waals surface area contributed by atoms with E-state index in [-0.39, 0.29) is 30.1 Å². The van der Waals surface area contributed by atoms with Gasteiger partial charge >= 0.3 is 5.97 Å². The van der Waals surface area contributed by atoms with Crippen LogP contribution in [0.4, 0.5) is 0 Å². The smallest absolute Gasteiger partial charge is 0.333 e. The predicted molar refractivity (Wildman–Crippen MR) is 84.2 cm³/mol. The number of esters is 1. The zero-order valence-corrected chi connectivity index (χ0v) is 13.9. The summed E-state index contributed by atoms with van der Waals surface area (Å²) in [5.41, 5.74) is 6.68. The molecule has 0 saturated heterocycles. The highest BCUT2D eigenvalue weighted by Gasteiger charge is 2.35. The van der Waals surface area contributed by atoms with E-state index >= 15 is 0 Å². The Kier molecular flexibility index (Phi) is 7.55. The molecule has 0 fully saturated rings. The number of ether oxygens (including phenoxy) is 2. The number of nitrogens with one attached hydrogen (secondary N) is 1. The van der Waals surface area contributed by atoms with Crippen LogP contribution in [0.25, 0.3) is 0 Å². The van der Waals surface area contributed by atoms with E-state index in [9.17, 15) is 9.59 Å². The molecule has 1 amide bonds. The SMILES string of the molecule is CCOC(=O)C1=C[C@@H](OC(CC)CC)[C@@H](NC(C)=O)[C@@H](N)C1. The molecule has 1 rings (SSSR count). The molecule has 6 heteroatoms. The van der Waals surface area contributed by atoms with E-state index in [1.807, 2.05) is 13.8 Å². The van der Waals surface area contributed by atoms with Crippen molar-refractivity contribution in [2.45, 2.75) is 71.2 Å². The Morgan fingerprint density at radius 3 is 2.50 bits per heavy atom. The maximum absolute atomic E-state index is 12.0. The molecule has 0 unspecified atom stereocenters. The number of rotatable bonds is 7. The summed E-state index contributed by atoms with van der Waals surface area (Å²) in [6.07, 6.45) is 3.48. The van der Waals surface area contributed by atoms with Crippen molar-refractivity contribution in [3.05, 3.63) is 11.6 Å². The maximum atomic E-state index is 12.0. The highest BCUT2D eigenvalue weighted by atomic mass is 16.5. The van der Waals surface area contributed by atoms with Crippen LogP contribution in [0.2, 0.25) is 0 Å². The monoisotopic (exact) mass is 312 g/mol. The molecule has 1 aliphatic carbocycles. The fraction of sp³-hybridized carbons (Fsp3) is 0.750. The van der Waals surface area contributed by atoms with E-state index in [1.165, 1.54) is 6.92 Å². The van der Waals surface area contributed by atoms with Crippen LogP contribution in [-0.4, -0.2) is 42.8 Å². The lowest BCUT2D eigenvalue weighted by atomic mass is 9.88. The molecule has 3 atom stereocenters. The maximum Gasteiger partial charge on any atom is 0.333 e. The molecule has 3 N–H and O–H groups in total. The topological polar surface area (TPSA) is 90.6 Å². The Morgan fingerprint density at radius 2 is 2.00 bits per heavy atom. The number of carbonyl (C=O) groups excluding carboxylic acids is 2. The van der Waals surface area contributed by atoms with E-state index in [4.69, 9.17) is 15.2 Å². The molecule has 1 aliphatic rings. The van der Waals surface area contributed by atoms with Gasteiger partial charge in [-0.25, -0.2) is 4.79 Å². The van der Waals surface area contributed by atoms with Gasteiger partial charge in [-0.1, -0.05) is 13.8 Å². The second kappa shape index (κ2) is 8.90. The van der Waals surface area contributed by atoms with Crippen LogP contribution < -0.4 is 11.1 Å². The minimum atomic E-state index is -0.419. The van der Waals surface area contributed by atoms with E-state index in [0.29, 0.717) is 18.6 Å². The molecule has 0 bridgehead atoms. The first kappa shape index (κ1) is 18.6. The molecular weight excluding hydrogens is 284 g/mol. The van der Waals surface area contributed by atoms with E-state index < -0.39 is 6.10 Å². The summed E-state index contributed by atoms with van der Waals surface area (Å²) >= 11 is 0. The third kappa shape index (κ3) is 5.10. The molecule has 0 aromatic carbocycles. The minimum absolute atomic E-state index is 0.0613. The summed E-state index contributed by atoms with van der Waals surface area (Å²) in [7, 11) is 0. The summed E-state index contributed by atoms with van der Waals surface area (Å²) in [6.45, 7) is 7.62. The van der Waals surface area contributed by atoms with Gasteiger partial charge in [0.2, 0.25) is 5.91 Å². The Morgan fingerprint density at radius 1 is 1.36 bits per heavy atom. The molecule has 0 radical (unpaired) electrons. The van der Waals surface area contributed by atoms with Crippen molar-refractivity contribution in [2.75, 3.05) is 6.61 Å². The van der Waals surface area contributed by atoms with Gasteiger partial charge in [-0.05, 0) is 32.3 Å². The van der Waals surface area contributed by atoms with Crippen LogP contribution in [0.1, 0.15) is 47.0 Å². The van der Waals surface area contributed by atoms with Gasteiger partial charge in [0.1, 0.15) is 0 Å². The van der Waals surface area contributed by atoms with Crippen molar-refractivity contribution in [1.82, 2.24) is 5.32 Å². The number of nitrogens with two attached hydrogens (primary N) is 1. The molecule has 6 nitrogen and oxygen atoms in total. The Hall–Kier alpha value is -1.40. The zero-order valence-electron chi connectivity index (χ0n) is 13.9. The lowest BCUT2D eigenvalue weighted by molar-refractivity contribution is -0.139. The first-order valence-electron chi connectivity index (χ1n) is 7.98. The largest absolute Gasteiger partial charge is 0.463 e. The molecule has 0 aromatic heterocycles. The van der Waals surface area contributed by atoms with Gasteiger partial charge in [-0.3, -0.25) is 4.79 Å². The van der Waals surface area contributed by atoms with E-state index in [0.717, 1.165) is 12.8 Å². The minimum Gasteiger partial charge on any atom is -0.463 e. The molecular formula is C16H28N2O4. The molecule has 0 aliphatic heterocycles. The van der Waals surface area contributed by atoms with Crippen LogP contribution >= 0.6 is 0 Å². The summed E-state index contributed by atoms with van der Waals surface area (Å²) < 4.78 is 11.1. The van der Waals surface area contributed by atoms with Gasteiger partial charge in [0.25, 0.3) is 0 Å². The van der Waals surface area contributed by atoms with Crippen LogP contribution in [0.5, 0.6) is 0 Å². The van der Waals surface area contributed by atoms with Crippen molar-refractivity contribution >= 4 is 11.9 Å². The van der Waals surface area contributed by atoms with Crippen LogP contribution in [-0.2, 0) is 19.1 Å². The highest BCUT2D eigenvalue weighted by molar-refractivity contribution is 5.89. The van der Waals surface area contributed by atoms with Gasteiger partial charge in [0, 0.05) is 18.5 Å². The van der Waals surface area contributed by atoms with Crippen molar-refractivity contribution in [3.63, 3.8) is 0 Å². The fourth-order valence-corrected chi connectivity index (χ4v) is 2.62. The third-order valence-corrected chi connectivity index (χ3v) is 3.80. The van der Waals surface area contributed by atoms with Gasteiger partial charge in [0.15, 0.2) is 0 Å². The number of carbonyl (C=O) groups is 2. The van der Waals surface area contributed by atoms with E-state index in [1.54, 1.807) is 13.0 Å². The molecule has 0 aromatic rings. The second-order valence-electron chi connectivity index (χ2n) is 5.55. The number of hydrogen-bond acceptors (Lipinski definition) is 5. The van der Waals surface area contributed by atoms with Gasteiger partial charge in [-0.2, -0.15) is 0 Å². The van der Waals surface area contributed by atoms with Crippen molar-refractivity contribution in [1.29, 1.82) is 0 Å². The first-order chi connectivity index (χ1) is 10.4. The number of amides is 1. The van der Waals surface area contributed by atoms with Gasteiger partial charge in [-0.15, -0.1) is 0 Å². The Labute approximate surface area is 132 Å². The number of hydrogen-bond donors (Lipinski definition) is 2. The van der Waals surface area contributed by atoms with Gasteiger partial charge in [0.05, 0.1) is 24.9 Å². The summed E-state index contributed by atoms with van der Waals surface area (Å²) in [4.78, 5) is 23.4. The Balaban J connectivity index is 2.98. The van der Waals surface area contributed by atoms with Crippen LogP contribution in [0, 0.1) is 0 Å². The van der Waals surface area contributed by atoms with Crippen molar-refractivity contribution in [3.8, 4) is 0 Å². The predicted octanol–water partition coefficient (Wildman–Crippen LogP) is 1.29. The molecule has 22 heavy (non-hydrogen) atoms. The average molecular weight is 312 g/mol.